The maximum absolute atomic E-state index is 12.6. The summed E-state index contributed by atoms with van der Waals surface area (Å²) in [6, 6.07) is 5.73. The predicted molar refractivity (Wildman–Crippen MR) is 68.2 cm³/mol. The Hall–Kier alpha value is -0.360. The fourth-order valence-corrected chi connectivity index (χ4v) is 1.45. The summed E-state index contributed by atoms with van der Waals surface area (Å²) in [6.07, 6.45) is 0. The lowest BCUT2D eigenvalue weighted by Crippen LogP contribution is -2.08. The number of halogens is 2. The average molecular weight is 323 g/mol. The molecule has 0 aliphatic heterocycles. The van der Waals surface area contributed by atoms with Gasteiger partial charge in [0.1, 0.15) is 12.4 Å². The molecule has 0 bridgehead atoms. The molecule has 0 aromatic heterocycles. The molecule has 2 unspecified atom stereocenters. The molecule has 0 amide bonds. The van der Waals surface area contributed by atoms with Crippen LogP contribution in [-0.2, 0) is 0 Å². The van der Waals surface area contributed by atoms with Crippen LogP contribution < -0.4 is 10.5 Å². The molecule has 0 saturated carbocycles. The molecule has 2 atom stereocenters. The number of ether oxygens (including phenoxy) is 1. The van der Waals surface area contributed by atoms with E-state index >= 15 is 0 Å². The highest BCUT2D eigenvalue weighted by Crippen LogP contribution is 2.22. The third-order valence-electron chi connectivity index (χ3n) is 2.09. The first-order chi connectivity index (χ1) is 7.00. The van der Waals surface area contributed by atoms with Gasteiger partial charge in [0.05, 0.1) is 0 Å². The first kappa shape index (κ1) is 12.7. The largest absolute Gasteiger partial charge is 0.489 e. The van der Waals surface area contributed by atoms with Gasteiger partial charge in [-0.05, 0) is 53.6 Å². The molecule has 2 N–H and O–H groups in total. The quantitative estimate of drug-likeness (QED) is 0.682. The molecule has 1 rings (SSSR count). The molecule has 1 aromatic carbocycles. The molecule has 1 aromatic rings. The van der Waals surface area contributed by atoms with Crippen LogP contribution in [0.5, 0.6) is 5.75 Å². The van der Waals surface area contributed by atoms with Gasteiger partial charge in [0.25, 0.3) is 0 Å². The average Bonchev–Trinajstić information content (AvgIpc) is 2.15. The molecule has 0 saturated heterocycles. The van der Waals surface area contributed by atoms with Crippen LogP contribution in [0.4, 0.5) is 4.39 Å². The Morgan fingerprint density at radius 2 is 2.20 bits per heavy atom. The van der Waals surface area contributed by atoms with E-state index in [0.717, 1.165) is 16.9 Å². The van der Waals surface area contributed by atoms with Gasteiger partial charge in [-0.2, -0.15) is 0 Å². The normalized spacial score (nSPS) is 14.7. The minimum atomic E-state index is -0.977. The lowest BCUT2D eigenvalue weighted by atomic mass is 10.1. The molecular weight excluding hydrogens is 308 g/mol. The molecule has 0 spiro atoms. The van der Waals surface area contributed by atoms with Crippen LogP contribution in [0.2, 0.25) is 0 Å². The molecule has 2 nitrogen and oxygen atoms in total. The molecule has 0 heterocycles. The summed E-state index contributed by atoms with van der Waals surface area (Å²) >= 11 is 1.69. The Bertz CT molecular complexity index is 328. The van der Waals surface area contributed by atoms with Crippen molar-refractivity contribution < 1.29 is 9.13 Å². The zero-order valence-electron chi connectivity index (χ0n) is 8.84. The van der Waals surface area contributed by atoms with Crippen LogP contribution in [0.3, 0.4) is 0 Å². The minimum Gasteiger partial charge on any atom is -0.489 e. The van der Waals surface area contributed by atoms with Crippen LogP contribution in [0.25, 0.3) is 0 Å². The Kier molecular flexibility index (Phi) is 4.79. The molecule has 0 aliphatic carbocycles. The van der Waals surface area contributed by atoms with Gasteiger partial charge >= 0.3 is 0 Å². The van der Waals surface area contributed by atoms with Crippen molar-refractivity contribution in [3.05, 3.63) is 29.3 Å². The second kappa shape index (κ2) is 5.65. The molecule has 0 fully saturated rings. The van der Waals surface area contributed by atoms with Gasteiger partial charge in [-0.3, -0.25) is 0 Å². The monoisotopic (exact) mass is 323 g/mol. The number of rotatable bonds is 4. The summed E-state index contributed by atoms with van der Waals surface area (Å²) in [5.41, 5.74) is 7.80. The summed E-state index contributed by atoms with van der Waals surface area (Å²) in [5.74, 6) is 0.721. The Labute approximate surface area is 103 Å². The molecule has 4 heteroatoms. The van der Waals surface area contributed by atoms with E-state index in [-0.39, 0.29) is 12.6 Å². The van der Waals surface area contributed by atoms with E-state index in [1.54, 1.807) is 22.6 Å². The van der Waals surface area contributed by atoms with Gasteiger partial charge in [0.2, 0.25) is 0 Å². The predicted octanol–water partition coefficient (Wildman–Crippen LogP) is 3.12. The van der Waals surface area contributed by atoms with Crippen molar-refractivity contribution in [2.24, 2.45) is 5.73 Å². The molecule has 84 valence electrons. The number of nitrogens with two attached hydrogens (primary N) is 1. The van der Waals surface area contributed by atoms with Crippen LogP contribution >= 0.6 is 22.6 Å². The van der Waals surface area contributed by atoms with Crippen molar-refractivity contribution in [1.29, 1.82) is 0 Å². The molecule has 0 radical (unpaired) electrons. The third-order valence-corrected chi connectivity index (χ3v) is 2.45. The van der Waals surface area contributed by atoms with E-state index in [1.165, 1.54) is 0 Å². The highest BCUT2D eigenvalue weighted by Gasteiger charge is 2.06. The van der Waals surface area contributed by atoms with E-state index in [1.807, 2.05) is 32.0 Å². The van der Waals surface area contributed by atoms with Gasteiger partial charge < -0.3 is 10.5 Å². The summed E-state index contributed by atoms with van der Waals surface area (Å²) < 4.78 is 16.9. The summed E-state index contributed by atoms with van der Waals surface area (Å²) in [5, 5.41) is 0. The number of hydrogen-bond donors (Lipinski definition) is 1. The van der Waals surface area contributed by atoms with Crippen molar-refractivity contribution in [3.8, 4) is 5.75 Å². The van der Waals surface area contributed by atoms with E-state index in [0.29, 0.717) is 0 Å². The van der Waals surface area contributed by atoms with Crippen molar-refractivity contribution in [1.82, 2.24) is 0 Å². The Morgan fingerprint density at radius 3 is 2.67 bits per heavy atom. The summed E-state index contributed by atoms with van der Waals surface area (Å²) in [4.78, 5) is 0. The fourth-order valence-electron chi connectivity index (χ4n) is 1.27. The van der Waals surface area contributed by atoms with Crippen LogP contribution in [0, 0.1) is 6.92 Å². The molecule has 0 aliphatic rings. The van der Waals surface area contributed by atoms with Gasteiger partial charge in [-0.25, -0.2) is 4.39 Å². The first-order valence-electron chi connectivity index (χ1n) is 4.77. The maximum atomic E-state index is 12.6. The zero-order chi connectivity index (χ0) is 11.4. The second-order valence-electron chi connectivity index (χ2n) is 3.52. The number of hydrogen-bond acceptors (Lipinski definition) is 2. The SMILES string of the molecule is Cc1cc(C(C)N)ccc1OCC(F)I. The van der Waals surface area contributed by atoms with E-state index in [9.17, 15) is 4.39 Å². The third kappa shape index (κ3) is 3.95. The van der Waals surface area contributed by atoms with Gasteiger partial charge in [-0.15, -0.1) is 0 Å². The van der Waals surface area contributed by atoms with E-state index < -0.39 is 4.18 Å². The van der Waals surface area contributed by atoms with Crippen molar-refractivity contribution in [2.75, 3.05) is 6.61 Å². The van der Waals surface area contributed by atoms with Crippen molar-refractivity contribution in [3.63, 3.8) is 0 Å². The smallest absolute Gasteiger partial charge is 0.184 e. The minimum absolute atomic E-state index is 0.0104. The Morgan fingerprint density at radius 1 is 1.53 bits per heavy atom. The summed E-state index contributed by atoms with van der Waals surface area (Å²) in [7, 11) is 0. The van der Waals surface area contributed by atoms with Gasteiger partial charge in [0, 0.05) is 6.04 Å². The highest BCUT2D eigenvalue weighted by molar-refractivity contribution is 14.1. The number of alkyl halides is 2. The van der Waals surface area contributed by atoms with Gasteiger partial charge in [-0.1, -0.05) is 12.1 Å². The van der Waals surface area contributed by atoms with E-state index in [4.69, 9.17) is 10.5 Å². The molecular formula is C11H15FINO. The van der Waals surface area contributed by atoms with E-state index in [2.05, 4.69) is 0 Å². The Balaban J connectivity index is 2.75. The fraction of sp³-hybridized carbons (Fsp3) is 0.455. The van der Waals surface area contributed by atoms with Crippen LogP contribution in [0.15, 0.2) is 18.2 Å². The van der Waals surface area contributed by atoms with Crippen molar-refractivity contribution >= 4 is 22.6 Å². The van der Waals surface area contributed by atoms with Crippen molar-refractivity contribution in [2.45, 2.75) is 24.1 Å². The lowest BCUT2D eigenvalue weighted by Gasteiger charge is -2.12. The highest BCUT2D eigenvalue weighted by atomic mass is 127. The van der Waals surface area contributed by atoms with Crippen LogP contribution in [0.1, 0.15) is 24.1 Å². The molecule has 15 heavy (non-hydrogen) atoms. The topological polar surface area (TPSA) is 35.2 Å². The summed E-state index contributed by atoms with van der Waals surface area (Å²) in [6.45, 7) is 3.94. The van der Waals surface area contributed by atoms with Gasteiger partial charge in [0.15, 0.2) is 4.18 Å². The first-order valence-corrected chi connectivity index (χ1v) is 6.02. The number of benzene rings is 1. The second-order valence-corrected chi connectivity index (χ2v) is 4.87. The maximum Gasteiger partial charge on any atom is 0.184 e. The standard InChI is InChI=1S/C11H15FINO/c1-7-5-9(8(2)14)3-4-10(7)15-6-11(12)13/h3-5,8,11H,6,14H2,1-2H3. The number of aryl methyl sites for hydroxylation is 1. The lowest BCUT2D eigenvalue weighted by molar-refractivity contribution is 0.261. The van der Waals surface area contributed by atoms with Crippen LogP contribution in [-0.4, -0.2) is 10.8 Å². The zero-order valence-corrected chi connectivity index (χ0v) is 11.0.